The fraction of sp³-hybridized carbons (Fsp3) is 1.00. The van der Waals surface area contributed by atoms with Gasteiger partial charge < -0.3 is 19.9 Å². The second-order valence-corrected chi connectivity index (χ2v) is 4.14. The van der Waals surface area contributed by atoms with Crippen molar-refractivity contribution in [3.8, 4) is 0 Å². The highest BCUT2D eigenvalue weighted by atomic mass is 16.7. The molecule has 0 radical (unpaired) electrons. The van der Waals surface area contributed by atoms with Crippen molar-refractivity contribution in [2.45, 2.75) is 18.8 Å². The summed E-state index contributed by atoms with van der Waals surface area (Å²) in [5.74, 6) is 0. The Hall–Kier alpha value is -0.240. The van der Waals surface area contributed by atoms with Crippen molar-refractivity contribution in [3.63, 3.8) is 0 Å². The Labute approximate surface area is 97.0 Å². The Morgan fingerprint density at radius 1 is 1.38 bits per heavy atom. The summed E-state index contributed by atoms with van der Waals surface area (Å²) in [5, 5.41) is 2.10. The normalized spacial score (nSPS) is 22.3. The van der Waals surface area contributed by atoms with E-state index in [2.05, 4.69) is 10.4 Å². The molecule has 0 aromatic heterocycles. The summed E-state index contributed by atoms with van der Waals surface area (Å²) in [5.41, 5.74) is 8.73. The lowest BCUT2D eigenvalue weighted by Crippen LogP contribution is -2.65. The van der Waals surface area contributed by atoms with Gasteiger partial charge in [-0.25, -0.2) is 10.4 Å². The minimum Gasteiger partial charge on any atom is -0.379 e. The van der Waals surface area contributed by atoms with Gasteiger partial charge in [-0.15, -0.1) is 0 Å². The van der Waals surface area contributed by atoms with Crippen LogP contribution in [-0.2, 0) is 14.2 Å². The zero-order valence-electron chi connectivity index (χ0n) is 10.4. The van der Waals surface area contributed by atoms with Crippen molar-refractivity contribution in [1.82, 2.24) is 10.4 Å². The van der Waals surface area contributed by atoms with Crippen LogP contribution in [0.5, 0.6) is 0 Å². The lowest BCUT2D eigenvalue weighted by molar-refractivity contribution is -0.167. The summed E-state index contributed by atoms with van der Waals surface area (Å²) < 4.78 is 15.8. The maximum absolute atomic E-state index is 5.80. The Balaban J connectivity index is 2.56. The second kappa shape index (κ2) is 6.48. The average Bonchev–Trinajstić information content (AvgIpc) is 2.32. The third kappa shape index (κ3) is 3.38. The molecule has 96 valence electrons. The lowest BCUT2D eigenvalue weighted by atomic mass is 10.0. The van der Waals surface area contributed by atoms with Crippen LogP contribution < -0.4 is 11.2 Å². The maximum Gasteiger partial charge on any atom is 0.177 e. The SMILES string of the molecule is COC(OC)C(C)(CN)NN1CCOCC1. The molecule has 6 heteroatoms. The lowest BCUT2D eigenvalue weighted by Gasteiger charge is -2.41. The fourth-order valence-corrected chi connectivity index (χ4v) is 1.85. The zero-order chi connectivity index (χ0) is 12.0. The molecule has 1 aliphatic rings. The number of hydrogen-bond donors (Lipinski definition) is 2. The van der Waals surface area contributed by atoms with Gasteiger partial charge in [-0.3, -0.25) is 0 Å². The van der Waals surface area contributed by atoms with E-state index < -0.39 is 5.54 Å². The highest BCUT2D eigenvalue weighted by Gasteiger charge is 2.35. The summed E-state index contributed by atoms with van der Waals surface area (Å²) in [6.45, 7) is 5.57. The molecule has 3 N–H and O–H groups in total. The summed E-state index contributed by atoms with van der Waals surface area (Å²) in [4.78, 5) is 0. The fourth-order valence-electron chi connectivity index (χ4n) is 1.85. The number of methoxy groups -OCH3 is 2. The van der Waals surface area contributed by atoms with E-state index in [1.807, 2.05) is 6.92 Å². The van der Waals surface area contributed by atoms with Gasteiger partial charge in [-0.1, -0.05) is 0 Å². The van der Waals surface area contributed by atoms with Crippen molar-refractivity contribution in [2.75, 3.05) is 47.1 Å². The van der Waals surface area contributed by atoms with E-state index in [-0.39, 0.29) is 6.29 Å². The molecule has 0 amide bonds. The number of morpholine rings is 1. The van der Waals surface area contributed by atoms with Crippen LogP contribution in [0.1, 0.15) is 6.92 Å². The molecule has 0 saturated carbocycles. The Morgan fingerprint density at radius 3 is 2.38 bits per heavy atom. The number of nitrogens with zero attached hydrogens (tertiary/aromatic N) is 1. The smallest absolute Gasteiger partial charge is 0.177 e. The third-order valence-electron chi connectivity index (χ3n) is 2.80. The number of rotatable bonds is 6. The van der Waals surface area contributed by atoms with Gasteiger partial charge in [0, 0.05) is 33.9 Å². The minimum absolute atomic E-state index is 0.375. The topological polar surface area (TPSA) is 69.0 Å². The van der Waals surface area contributed by atoms with E-state index in [4.69, 9.17) is 19.9 Å². The van der Waals surface area contributed by atoms with Gasteiger partial charge in [0.1, 0.15) is 0 Å². The summed E-state index contributed by atoms with van der Waals surface area (Å²) in [7, 11) is 3.23. The van der Waals surface area contributed by atoms with E-state index in [0.717, 1.165) is 26.3 Å². The van der Waals surface area contributed by atoms with Gasteiger partial charge >= 0.3 is 0 Å². The standard InChI is InChI=1S/C10H23N3O3/c1-10(8-11,9(14-2)15-3)12-13-4-6-16-7-5-13/h9,12H,4-8,11H2,1-3H3. The highest BCUT2D eigenvalue weighted by molar-refractivity contribution is 4.87. The van der Waals surface area contributed by atoms with E-state index >= 15 is 0 Å². The molecule has 16 heavy (non-hydrogen) atoms. The maximum atomic E-state index is 5.80. The van der Waals surface area contributed by atoms with Gasteiger partial charge in [0.2, 0.25) is 0 Å². The molecule has 0 aromatic carbocycles. The molecule has 1 saturated heterocycles. The zero-order valence-corrected chi connectivity index (χ0v) is 10.4. The summed E-state index contributed by atoms with van der Waals surface area (Å²) >= 11 is 0. The Bertz CT molecular complexity index is 196. The quantitative estimate of drug-likeness (QED) is 0.583. The van der Waals surface area contributed by atoms with E-state index in [9.17, 15) is 0 Å². The monoisotopic (exact) mass is 233 g/mol. The average molecular weight is 233 g/mol. The molecule has 0 aliphatic carbocycles. The summed E-state index contributed by atoms with van der Waals surface area (Å²) in [6, 6.07) is 0. The first kappa shape index (κ1) is 13.8. The number of ether oxygens (including phenoxy) is 3. The molecule has 1 aliphatic heterocycles. The molecular formula is C10H23N3O3. The summed E-state index contributed by atoms with van der Waals surface area (Å²) in [6.07, 6.45) is -0.375. The van der Waals surface area contributed by atoms with Crippen LogP contribution in [-0.4, -0.2) is 63.9 Å². The largest absolute Gasteiger partial charge is 0.379 e. The second-order valence-electron chi connectivity index (χ2n) is 4.14. The van der Waals surface area contributed by atoms with Crippen molar-refractivity contribution < 1.29 is 14.2 Å². The van der Waals surface area contributed by atoms with Crippen LogP contribution in [0.15, 0.2) is 0 Å². The number of hydrazine groups is 1. The van der Waals surface area contributed by atoms with Crippen molar-refractivity contribution >= 4 is 0 Å². The van der Waals surface area contributed by atoms with Gasteiger partial charge in [-0.2, -0.15) is 0 Å². The number of nitrogens with one attached hydrogen (secondary N) is 1. The van der Waals surface area contributed by atoms with Crippen molar-refractivity contribution in [2.24, 2.45) is 5.73 Å². The van der Waals surface area contributed by atoms with Crippen LogP contribution >= 0.6 is 0 Å². The Morgan fingerprint density at radius 2 is 1.94 bits per heavy atom. The van der Waals surface area contributed by atoms with E-state index in [1.165, 1.54) is 0 Å². The molecule has 1 atom stereocenters. The van der Waals surface area contributed by atoms with Crippen LogP contribution in [0.2, 0.25) is 0 Å². The Kier molecular flexibility index (Phi) is 5.60. The van der Waals surface area contributed by atoms with E-state index in [1.54, 1.807) is 14.2 Å². The number of nitrogens with two attached hydrogens (primary N) is 1. The molecule has 1 rings (SSSR count). The molecule has 1 heterocycles. The van der Waals surface area contributed by atoms with Crippen LogP contribution in [0.3, 0.4) is 0 Å². The van der Waals surface area contributed by atoms with Crippen LogP contribution in [0.4, 0.5) is 0 Å². The first-order valence-corrected chi connectivity index (χ1v) is 5.52. The van der Waals surface area contributed by atoms with Crippen molar-refractivity contribution in [3.05, 3.63) is 0 Å². The number of hydrogen-bond acceptors (Lipinski definition) is 6. The first-order chi connectivity index (χ1) is 7.66. The van der Waals surface area contributed by atoms with Crippen molar-refractivity contribution in [1.29, 1.82) is 0 Å². The first-order valence-electron chi connectivity index (χ1n) is 5.52. The molecule has 0 aromatic rings. The minimum atomic E-state index is -0.430. The molecular weight excluding hydrogens is 210 g/mol. The van der Waals surface area contributed by atoms with Crippen LogP contribution in [0.25, 0.3) is 0 Å². The highest BCUT2D eigenvalue weighted by Crippen LogP contribution is 2.14. The van der Waals surface area contributed by atoms with Crippen LogP contribution in [0, 0.1) is 0 Å². The third-order valence-corrected chi connectivity index (χ3v) is 2.80. The predicted molar refractivity (Wildman–Crippen MR) is 60.8 cm³/mol. The van der Waals surface area contributed by atoms with Gasteiger partial charge in [0.25, 0.3) is 0 Å². The van der Waals surface area contributed by atoms with Gasteiger partial charge in [0.15, 0.2) is 6.29 Å². The molecule has 1 fully saturated rings. The molecule has 6 nitrogen and oxygen atoms in total. The molecule has 0 bridgehead atoms. The predicted octanol–water partition coefficient (Wildman–Crippen LogP) is -0.840. The van der Waals surface area contributed by atoms with Gasteiger partial charge in [0.05, 0.1) is 18.8 Å². The molecule has 1 unspecified atom stereocenters. The molecule has 0 spiro atoms. The van der Waals surface area contributed by atoms with E-state index in [0.29, 0.717) is 6.54 Å². The van der Waals surface area contributed by atoms with Gasteiger partial charge in [-0.05, 0) is 6.92 Å².